The van der Waals surface area contributed by atoms with Gasteiger partial charge in [-0.25, -0.2) is 4.98 Å². The fourth-order valence-corrected chi connectivity index (χ4v) is 1.45. The Morgan fingerprint density at radius 1 is 1.54 bits per heavy atom. The minimum absolute atomic E-state index is 0.0265. The molecule has 0 spiro atoms. The molecule has 1 N–H and O–H groups in total. The first-order valence-corrected chi connectivity index (χ1v) is 4.50. The van der Waals surface area contributed by atoms with Gasteiger partial charge in [-0.15, -0.1) is 0 Å². The van der Waals surface area contributed by atoms with Gasteiger partial charge in [0.1, 0.15) is 0 Å². The van der Waals surface area contributed by atoms with Crippen LogP contribution in [-0.4, -0.2) is 17.2 Å². The lowest BCUT2D eigenvalue weighted by atomic mass is 10.1. The maximum absolute atomic E-state index is 8.88. The van der Waals surface area contributed by atoms with Crippen LogP contribution >= 0.6 is 0 Å². The maximum atomic E-state index is 8.88. The van der Waals surface area contributed by atoms with E-state index in [2.05, 4.69) is 4.98 Å². The van der Waals surface area contributed by atoms with Gasteiger partial charge in [0, 0.05) is 5.56 Å². The number of aliphatic hydroxyl groups excluding tert-OH is 1. The van der Waals surface area contributed by atoms with E-state index in [0.29, 0.717) is 17.5 Å². The summed E-state index contributed by atoms with van der Waals surface area (Å²) >= 11 is 0. The summed E-state index contributed by atoms with van der Waals surface area (Å²) in [5.41, 5.74) is 1.85. The molecule has 1 aliphatic rings. The molecular formula is C10H13NO2. The third-order valence-electron chi connectivity index (χ3n) is 2.32. The Kier molecular flexibility index (Phi) is 2.19. The lowest BCUT2D eigenvalue weighted by molar-refractivity contribution is 0.274. The summed E-state index contributed by atoms with van der Waals surface area (Å²) in [6.07, 6.45) is 2.47. The molecule has 0 unspecified atom stereocenters. The molecule has 1 saturated carbocycles. The van der Waals surface area contributed by atoms with Crippen molar-refractivity contribution in [1.29, 1.82) is 0 Å². The van der Waals surface area contributed by atoms with Gasteiger partial charge < -0.3 is 9.84 Å². The largest absolute Gasteiger partial charge is 0.481 e. The number of hydrogen-bond acceptors (Lipinski definition) is 3. The predicted octanol–water partition coefficient (Wildman–Crippen LogP) is 1.46. The second-order valence-corrected chi connectivity index (χ2v) is 3.33. The number of aliphatic hydroxyl groups is 1. The predicted molar refractivity (Wildman–Crippen MR) is 48.7 cm³/mol. The maximum Gasteiger partial charge on any atom is 0.216 e. The lowest BCUT2D eigenvalue weighted by Gasteiger charge is -2.06. The van der Waals surface area contributed by atoms with Gasteiger partial charge >= 0.3 is 0 Å². The van der Waals surface area contributed by atoms with Gasteiger partial charge in [-0.05, 0) is 24.8 Å². The third kappa shape index (κ3) is 1.65. The van der Waals surface area contributed by atoms with Crippen molar-refractivity contribution in [3.63, 3.8) is 0 Å². The van der Waals surface area contributed by atoms with E-state index in [0.717, 1.165) is 0 Å². The Hall–Kier alpha value is -1.09. The van der Waals surface area contributed by atoms with Crippen LogP contribution < -0.4 is 4.74 Å². The smallest absolute Gasteiger partial charge is 0.216 e. The molecule has 3 heteroatoms. The fraction of sp³-hybridized carbons (Fsp3) is 0.500. The van der Waals surface area contributed by atoms with Crippen LogP contribution in [0, 0.1) is 0 Å². The third-order valence-corrected chi connectivity index (χ3v) is 2.32. The highest BCUT2D eigenvalue weighted by Gasteiger charge is 2.27. The van der Waals surface area contributed by atoms with Gasteiger partial charge in [0.05, 0.1) is 19.4 Å². The normalized spacial score (nSPS) is 15.8. The van der Waals surface area contributed by atoms with E-state index in [1.54, 1.807) is 7.11 Å². The molecule has 1 heterocycles. The Morgan fingerprint density at radius 3 is 2.85 bits per heavy atom. The van der Waals surface area contributed by atoms with Gasteiger partial charge in [-0.3, -0.25) is 0 Å². The summed E-state index contributed by atoms with van der Waals surface area (Å²) in [6.45, 7) is -0.0265. The monoisotopic (exact) mass is 179 g/mol. The minimum atomic E-state index is -0.0265. The van der Waals surface area contributed by atoms with Crippen molar-refractivity contribution in [2.45, 2.75) is 25.4 Å². The van der Waals surface area contributed by atoms with E-state index in [1.165, 1.54) is 18.4 Å². The SMILES string of the molecule is COc1nc(CO)ccc1C1CC1. The Bertz CT molecular complexity index is 308. The van der Waals surface area contributed by atoms with E-state index in [-0.39, 0.29) is 6.61 Å². The molecule has 70 valence electrons. The van der Waals surface area contributed by atoms with Crippen LogP contribution in [0.1, 0.15) is 30.0 Å². The van der Waals surface area contributed by atoms with Gasteiger partial charge in [-0.2, -0.15) is 0 Å². The molecule has 0 aromatic carbocycles. The van der Waals surface area contributed by atoms with Crippen LogP contribution in [0.15, 0.2) is 12.1 Å². The van der Waals surface area contributed by atoms with E-state index in [1.807, 2.05) is 12.1 Å². The number of nitrogens with zero attached hydrogens (tertiary/aromatic N) is 1. The van der Waals surface area contributed by atoms with Crippen LogP contribution in [0.2, 0.25) is 0 Å². The van der Waals surface area contributed by atoms with Crippen molar-refractivity contribution < 1.29 is 9.84 Å². The van der Waals surface area contributed by atoms with E-state index in [9.17, 15) is 0 Å². The molecule has 0 amide bonds. The molecule has 0 aliphatic heterocycles. The second-order valence-electron chi connectivity index (χ2n) is 3.33. The highest BCUT2D eigenvalue weighted by molar-refractivity contribution is 5.34. The van der Waals surface area contributed by atoms with Crippen LogP contribution in [0.3, 0.4) is 0 Å². The zero-order valence-electron chi connectivity index (χ0n) is 7.66. The van der Waals surface area contributed by atoms with Gasteiger partial charge in [0.25, 0.3) is 0 Å². The number of hydrogen-bond donors (Lipinski definition) is 1. The molecule has 13 heavy (non-hydrogen) atoms. The van der Waals surface area contributed by atoms with Crippen LogP contribution in [0.4, 0.5) is 0 Å². The van der Waals surface area contributed by atoms with Crippen LogP contribution in [0.5, 0.6) is 5.88 Å². The average Bonchev–Trinajstić information content (AvgIpc) is 3.00. The van der Waals surface area contributed by atoms with E-state index < -0.39 is 0 Å². The van der Waals surface area contributed by atoms with Crippen LogP contribution in [-0.2, 0) is 6.61 Å². The first kappa shape index (κ1) is 8.51. The number of rotatable bonds is 3. The summed E-state index contributed by atoms with van der Waals surface area (Å²) in [4.78, 5) is 4.20. The first-order chi connectivity index (χ1) is 6.35. The number of ether oxygens (including phenoxy) is 1. The van der Waals surface area contributed by atoms with Crippen LogP contribution in [0.25, 0.3) is 0 Å². The number of pyridine rings is 1. The molecule has 1 aromatic heterocycles. The first-order valence-electron chi connectivity index (χ1n) is 4.50. The van der Waals surface area contributed by atoms with Crippen molar-refractivity contribution in [3.05, 3.63) is 23.4 Å². The zero-order chi connectivity index (χ0) is 9.26. The standard InChI is InChI=1S/C10H13NO2/c1-13-10-9(7-2-3-7)5-4-8(6-12)11-10/h4-5,7,12H,2-3,6H2,1H3. The van der Waals surface area contributed by atoms with E-state index >= 15 is 0 Å². The van der Waals surface area contributed by atoms with Crippen molar-refractivity contribution >= 4 is 0 Å². The molecule has 0 bridgehead atoms. The van der Waals surface area contributed by atoms with Crippen molar-refractivity contribution in [1.82, 2.24) is 4.98 Å². The number of aromatic nitrogens is 1. The molecule has 1 aliphatic carbocycles. The zero-order valence-corrected chi connectivity index (χ0v) is 7.66. The summed E-state index contributed by atoms with van der Waals surface area (Å²) in [5.74, 6) is 1.31. The molecular weight excluding hydrogens is 166 g/mol. The van der Waals surface area contributed by atoms with Crippen molar-refractivity contribution in [3.8, 4) is 5.88 Å². The topological polar surface area (TPSA) is 42.4 Å². The van der Waals surface area contributed by atoms with Gasteiger partial charge in [0.15, 0.2) is 0 Å². The van der Waals surface area contributed by atoms with Gasteiger partial charge in [0.2, 0.25) is 5.88 Å². The second kappa shape index (κ2) is 3.34. The fourth-order valence-electron chi connectivity index (χ4n) is 1.45. The quantitative estimate of drug-likeness (QED) is 0.763. The Balaban J connectivity index is 2.33. The summed E-state index contributed by atoms with van der Waals surface area (Å²) in [5, 5.41) is 8.88. The molecule has 0 saturated heterocycles. The number of methoxy groups -OCH3 is 1. The summed E-state index contributed by atoms with van der Waals surface area (Å²) in [7, 11) is 1.62. The average molecular weight is 179 g/mol. The molecule has 1 fully saturated rings. The minimum Gasteiger partial charge on any atom is -0.481 e. The highest BCUT2D eigenvalue weighted by Crippen LogP contribution is 2.43. The summed E-state index contributed by atoms with van der Waals surface area (Å²) in [6, 6.07) is 3.87. The molecule has 0 radical (unpaired) electrons. The summed E-state index contributed by atoms with van der Waals surface area (Å²) < 4.78 is 5.17. The molecule has 2 rings (SSSR count). The lowest BCUT2D eigenvalue weighted by Crippen LogP contribution is -1.97. The van der Waals surface area contributed by atoms with Crippen molar-refractivity contribution in [2.75, 3.05) is 7.11 Å². The Labute approximate surface area is 77.4 Å². The molecule has 3 nitrogen and oxygen atoms in total. The highest BCUT2D eigenvalue weighted by atomic mass is 16.5. The Morgan fingerprint density at radius 2 is 2.31 bits per heavy atom. The van der Waals surface area contributed by atoms with Crippen molar-refractivity contribution in [2.24, 2.45) is 0 Å². The van der Waals surface area contributed by atoms with Gasteiger partial charge in [-0.1, -0.05) is 6.07 Å². The molecule has 0 atom stereocenters. The van der Waals surface area contributed by atoms with E-state index in [4.69, 9.17) is 9.84 Å². The molecule has 1 aromatic rings.